The highest BCUT2D eigenvalue weighted by atomic mass is 16.4. The number of rotatable bonds is 3. The van der Waals surface area contributed by atoms with Gasteiger partial charge in [-0.1, -0.05) is 30.3 Å². The molecule has 2 fully saturated rings. The van der Waals surface area contributed by atoms with Crippen LogP contribution >= 0.6 is 0 Å². The van der Waals surface area contributed by atoms with Crippen molar-refractivity contribution in [1.29, 1.82) is 0 Å². The summed E-state index contributed by atoms with van der Waals surface area (Å²) in [5, 5.41) is 10.0. The predicted octanol–water partition coefficient (Wildman–Crippen LogP) is 4.13. The van der Waals surface area contributed by atoms with E-state index in [1.807, 2.05) is 39.0 Å². The first-order valence-corrected chi connectivity index (χ1v) is 8.57. The van der Waals surface area contributed by atoms with Crippen molar-refractivity contribution in [1.82, 2.24) is 9.80 Å². The van der Waals surface area contributed by atoms with Crippen LogP contribution in [0.3, 0.4) is 0 Å². The van der Waals surface area contributed by atoms with Gasteiger partial charge in [0.1, 0.15) is 0 Å². The lowest BCUT2D eigenvalue weighted by Gasteiger charge is -2.49. The average Bonchev–Trinajstić information content (AvgIpc) is 2.97. The summed E-state index contributed by atoms with van der Waals surface area (Å²) < 4.78 is 0. The van der Waals surface area contributed by atoms with Crippen LogP contribution in [0.15, 0.2) is 30.3 Å². The van der Waals surface area contributed by atoms with Crippen molar-refractivity contribution in [2.24, 2.45) is 0 Å². The molecule has 23 heavy (non-hydrogen) atoms. The Morgan fingerprint density at radius 1 is 1.26 bits per heavy atom. The van der Waals surface area contributed by atoms with Crippen LogP contribution in [0.4, 0.5) is 4.79 Å². The third-order valence-electron chi connectivity index (χ3n) is 5.88. The van der Waals surface area contributed by atoms with E-state index >= 15 is 0 Å². The van der Waals surface area contributed by atoms with Crippen molar-refractivity contribution in [2.45, 2.75) is 69.6 Å². The molecule has 0 saturated carbocycles. The second-order valence-electron chi connectivity index (χ2n) is 8.08. The van der Waals surface area contributed by atoms with Gasteiger partial charge in [-0.3, -0.25) is 9.80 Å². The summed E-state index contributed by atoms with van der Waals surface area (Å²) in [5.41, 5.74) is 0.597. The highest BCUT2D eigenvalue weighted by Gasteiger charge is 2.57. The molecule has 1 aromatic rings. The summed E-state index contributed by atoms with van der Waals surface area (Å²) >= 11 is 0. The predicted molar refractivity (Wildman–Crippen MR) is 91.5 cm³/mol. The number of carbonyl (C=O) groups is 1. The Hall–Kier alpha value is -1.55. The summed E-state index contributed by atoms with van der Waals surface area (Å²) in [6.45, 7) is 5.99. The molecule has 2 aliphatic rings. The van der Waals surface area contributed by atoms with Gasteiger partial charge in [0.2, 0.25) is 0 Å². The molecule has 0 radical (unpaired) electrons. The van der Waals surface area contributed by atoms with Crippen LogP contribution in [0.25, 0.3) is 0 Å². The van der Waals surface area contributed by atoms with Crippen molar-refractivity contribution < 1.29 is 9.90 Å². The molecule has 0 unspecified atom stereocenters. The van der Waals surface area contributed by atoms with Crippen LogP contribution in [0.1, 0.15) is 58.1 Å². The van der Waals surface area contributed by atoms with Gasteiger partial charge in [0, 0.05) is 17.1 Å². The highest BCUT2D eigenvalue weighted by Crippen LogP contribution is 2.54. The van der Waals surface area contributed by atoms with Gasteiger partial charge in [0.25, 0.3) is 0 Å². The summed E-state index contributed by atoms with van der Waals surface area (Å²) in [6, 6.07) is 10.7. The standard InChI is InChI=1S/C19H28N2O2/c1-18(2,3)21(17(22)23)16(14-8-6-5-7-9-14)19-12-10-15(11-13-19)20(19)4/h5-9,15-16H,10-13H2,1-4H3,(H,22,23)/t15?,16-,19?/m0/s1. The zero-order valence-electron chi connectivity index (χ0n) is 14.6. The lowest BCUT2D eigenvalue weighted by molar-refractivity contribution is 0.00285. The molecule has 0 aliphatic carbocycles. The van der Waals surface area contributed by atoms with Crippen LogP contribution < -0.4 is 0 Å². The first-order valence-electron chi connectivity index (χ1n) is 8.57. The Balaban J connectivity index is 2.14. The molecule has 2 bridgehead atoms. The Kier molecular flexibility index (Phi) is 3.91. The maximum Gasteiger partial charge on any atom is 0.408 e. The molecule has 2 heterocycles. The molecule has 3 rings (SSSR count). The molecule has 4 heteroatoms. The Morgan fingerprint density at radius 2 is 1.83 bits per heavy atom. The van der Waals surface area contributed by atoms with Gasteiger partial charge in [-0.25, -0.2) is 4.79 Å². The molecular formula is C19H28N2O2. The minimum Gasteiger partial charge on any atom is -0.465 e. The van der Waals surface area contributed by atoms with Gasteiger partial charge in [-0.15, -0.1) is 0 Å². The van der Waals surface area contributed by atoms with E-state index in [0.29, 0.717) is 6.04 Å². The fourth-order valence-corrected chi connectivity index (χ4v) is 4.79. The van der Waals surface area contributed by atoms with E-state index in [0.717, 1.165) is 18.4 Å². The molecule has 126 valence electrons. The van der Waals surface area contributed by atoms with Crippen LogP contribution in [-0.4, -0.2) is 45.2 Å². The van der Waals surface area contributed by atoms with E-state index in [9.17, 15) is 9.90 Å². The SMILES string of the molecule is CN1C2CCC1([C@H](c1ccccc1)N(C(=O)O)C(C)(C)C)CC2. The molecule has 2 saturated heterocycles. The van der Waals surface area contributed by atoms with Crippen molar-refractivity contribution in [2.75, 3.05) is 7.05 Å². The molecule has 2 aliphatic heterocycles. The normalized spacial score (nSPS) is 28.8. The number of carboxylic acid groups (broad SMARTS) is 1. The largest absolute Gasteiger partial charge is 0.465 e. The molecule has 4 nitrogen and oxygen atoms in total. The lowest BCUT2D eigenvalue weighted by Crippen LogP contribution is -2.57. The number of nitrogens with zero attached hydrogens (tertiary/aromatic N) is 2. The van der Waals surface area contributed by atoms with Gasteiger partial charge < -0.3 is 5.11 Å². The van der Waals surface area contributed by atoms with E-state index in [4.69, 9.17) is 0 Å². The molecule has 1 atom stereocenters. The minimum absolute atomic E-state index is 0.0717. The second-order valence-corrected chi connectivity index (χ2v) is 8.08. The number of hydrogen-bond donors (Lipinski definition) is 1. The maximum absolute atomic E-state index is 12.2. The van der Waals surface area contributed by atoms with Crippen molar-refractivity contribution in [3.63, 3.8) is 0 Å². The van der Waals surface area contributed by atoms with Crippen LogP contribution in [0.5, 0.6) is 0 Å². The number of fused-ring (bicyclic) bond motifs is 2. The van der Waals surface area contributed by atoms with Crippen LogP contribution in [-0.2, 0) is 0 Å². The van der Waals surface area contributed by atoms with E-state index in [-0.39, 0.29) is 11.6 Å². The number of amides is 1. The van der Waals surface area contributed by atoms with Crippen molar-refractivity contribution in [3.05, 3.63) is 35.9 Å². The first-order chi connectivity index (χ1) is 10.8. The van der Waals surface area contributed by atoms with Gasteiger partial charge >= 0.3 is 6.09 Å². The summed E-state index contributed by atoms with van der Waals surface area (Å²) in [5.74, 6) is 0. The van der Waals surface area contributed by atoms with E-state index in [1.165, 1.54) is 12.8 Å². The zero-order valence-corrected chi connectivity index (χ0v) is 14.6. The smallest absolute Gasteiger partial charge is 0.408 e. The summed E-state index contributed by atoms with van der Waals surface area (Å²) in [6.07, 6.45) is 3.68. The third kappa shape index (κ3) is 2.53. The van der Waals surface area contributed by atoms with Crippen molar-refractivity contribution >= 4 is 6.09 Å². The van der Waals surface area contributed by atoms with Crippen LogP contribution in [0.2, 0.25) is 0 Å². The summed E-state index contributed by atoms with van der Waals surface area (Å²) in [4.78, 5) is 16.4. The minimum atomic E-state index is -0.829. The Bertz CT molecular complexity index is 571. The number of benzene rings is 1. The quantitative estimate of drug-likeness (QED) is 0.911. The van der Waals surface area contributed by atoms with Gasteiger partial charge in [0.15, 0.2) is 0 Å². The monoisotopic (exact) mass is 316 g/mol. The molecule has 1 amide bonds. The molecule has 0 aromatic heterocycles. The number of hydrogen-bond acceptors (Lipinski definition) is 2. The first kappa shape index (κ1) is 16.3. The van der Waals surface area contributed by atoms with Gasteiger partial charge in [-0.05, 0) is 59.1 Å². The highest BCUT2D eigenvalue weighted by molar-refractivity contribution is 5.67. The van der Waals surface area contributed by atoms with E-state index in [2.05, 4.69) is 24.1 Å². The zero-order chi connectivity index (χ0) is 16.8. The molecular weight excluding hydrogens is 288 g/mol. The third-order valence-corrected chi connectivity index (χ3v) is 5.88. The average molecular weight is 316 g/mol. The fourth-order valence-electron chi connectivity index (χ4n) is 4.79. The van der Waals surface area contributed by atoms with Gasteiger partial charge in [-0.2, -0.15) is 0 Å². The molecule has 1 aromatic carbocycles. The number of likely N-dealkylation sites (N-methyl/N-ethyl adjacent to an activating group) is 1. The Labute approximate surface area is 139 Å². The fraction of sp³-hybridized carbons (Fsp3) is 0.632. The van der Waals surface area contributed by atoms with E-state index < -0.39 is 11.6 Å². The lowest BCUT2D eigenvalue weighted by atomic mass is 9.76. The van der Waals surface area contributed by atoms with E-state index in [1.54, 1.807) is 4.90 Å². The molecule has 0 spiro atoms. The van der Waals surface area contributed by atoms with Crippen LogP contribution in [0, 0.1) is 0 Å². The van der Waals surface area contributed by atoms with Gasteiger partial charge in [0.05, 0.1) is 6.04 Å². The topological polar surface area (TPSA) is 43.8 Å². The second kappa shape index (κ2) is 5.52. The molecule has 1 N–H and O–H groups in total. The summed E-state index contributed by atoms with van der Waals surface area (Å²) in [7, 11) is 2.18. The van der Waals surface area contributed by atoms with Crippen molar-refractivity contribution in [3.8, 4) is 0 Å². The maximum atomic E-state index is 12.2. The Morgan fingerprint density at radius 3 is 2.22 bits per heavy atom.